The highest BCUT2D eigenvalue weighted by molar-refractivity contribution is 7.98. The van der Waals surface area contributed by atoms with E-state index in [2.05, 4.69) is 4.72 Å². The number of thioether (sulfide) groups is 1. The van der Waals surface area contributed by atoms with E-state index >= 15 is 0 Å². The molecule has 3 aromatic carbocycles. The third-order valence-corrected chi connectivity index (χ3v) is 7.99. The number of likely N-dealkylation sites (tertiary alicyclic amines) is 1. The van der Waals surface area contributed by atoms with Crippen molar-refractivity contribution >= 4 is 38.5 Å². The van der Waals surface area contributed by atoms with E-state index in [4.69, 9.17) is 4.74 Å². The summed E-state index contributed by atoms with van der Waals surface area (Å²) in [7, 11) is -3.77. The predicted molar refractivity (Wildman–Crippen MR) is 133 cm³/mol. The Bertz CT molecular complexity index is 1240. The minimum Gasteiger partial charge on any atom is -0.492 e. The monoisotopic (exact) mass is 484 g/mol. The van der Waals surface area contributed by atoms with Crippen LogP contribution in [0.2, 0.25) is 0 Å². The van der Waals surface area contributed by atoms with E-state index in [-0.39, 0.29) is 24.0 Å². The first kappa shape index (κ1) is 23.6. The number of rotatable bonds is 8. The molecule has 0 bridgehead atoms. The fraction of sp³-hybridized carbons (Fsp3) is 0.320. The van der Waals surface area contributed by atoms with Gasteiger partial charge in [-0.15, -0.1) is 11.8 Å². The van der Waals surface area contributed by atoms with Crippen molar-refractivity contribution in [3.63, 3.8) is 0 Å². The molecule has 6 nitrogen and oxygen atoms in total. The number of hydrogen-bond donors (Lipinski definition) is 1. The zero-order chi connectivity index (χ0) is 23.3. The first-order valence-electron chi connectivity index (χ1n) is 11.1. The number of nitrogens with zero attached hydrogens (tertiary/aromatic N) is 1. The van der Waals surface area contributed by atoms with E-state index in [1.165, 1.54) is 17.8 Å². The van der Waals surface area contributed by atoms with Crippen molar-refractivity contribution in [2.24, 2.45) is 0 Å². The molecule has 0 spiro atoms. The molecule has 4 rings (SSSR count). The number of carbonyl (C=O) groups excluding carboxylic acids is 1. The number of fused-ring (bicyclic) bond motifs is 1. The molecule has 174 valence electrons. The van der Waals surface area contributed by atoms with Crippen molar-refractivity contribution in [1.82, 2.24) is 9.62 Å². The van der Waals surface area contributed by atoms with Crippen LogP contribution in [0.3, 0.4) is 0 Å². The minimum absolute atomic E-state index is 0.0892. The van der Waals surface area contributed by atoms with Crippen molar-refractivity contribution in [2.75, 3.05) is 32.5 Å². The summed E-state index contributed by atoms with van der Waals surface area (Å²) in [6.45, 7) is 1.75. The van der Waals surface area contributed by atoms with Crippen LogP contribution in [0, 0.1) is 0 Å². The van der Waals surface area contributed by atoms with E-state index in [1.807, 2.05) is 53.6 Å². The lowest BCUT2D eigenvalue weighted by Crippen LogP contribution is -2.36. The molecule has 8 heteroatoms. The number of benzene rings is 3. The zero-order valence-corrected chi connectivity index (χ0v) is 20.3. The summed E-state index contributed by atoms with van der Waals surface area (Å²) in [4.78, 5) is 15.7. The lowest BCUT2D eigenvalue weighted by atomic mass is 10.1. The maximum Gasteiger partial charge on any atom is 0.255 e. The molecule has 33 heavy (non-hydrogen) atoms. The van der Waals surface area contributed by atoms with E-state index in [9.17, 15) is 13.2 Å². The summed E-state index contributed by atoms with van der Waals surface area (Å²) in [5.41, 5.74) is 0.444. The van der Waals surface area contributed by atoms with Gasteiger partial charge in [-0.2, -0.15) is 0 Å². The maximum atomic E-state index is 13.0. The SMILES string of the molecule is CSc1ccc(S(=O)(=O)NCCOc2ccc3ccccc3c2)cc1C(=O)N1CCCCC1. The Morgan fingerprint density at radius 3 is 2.52 bits per heavy atom. The molecule has 1 heterocycles. The zero-order valence-electron chi connectivity index (χ0n) is 18.6. The Morgan fingerprint density at radius 2 is 1.76 bits per heavy atom. The molecule has 1 saturated heterocycles. The number of ether oxygens (including phenoxy) is 1. The fourth-order valence-electron chi connectivity index (χ4n) is 3.97. The van der Waals surface area contributed by atoms with Crippen molar-refractivity contribution in [1.29, 1.82) is 0 Å². The molecule has 1 amide bonds. The molecule has 0 unspecified atom stereocenters. The summed E-state index contributed by atoms with van der Waals surface area (Å²) in [5, 5.41) is 2.18. The molecule has 0 aliphatic carbocycles. The Morgan fingerprint density at radius 1 is 1.00 bits per heavy atom. The minimum atomic E-state index is -3.77. The number of sulfonamides is 1. The van der Waals surface area contributed by atoms with Crippen LogP contribution < -0.4 is 9.46 Å². The van der Waals surface area contributed by atoms with Crippen LogP contribution in [0.5, 0.6) is 5.75 Å². The van der Waals surface area contributed by atoms with Crippen molar-refractivity contribution in [3.8, 4) is 5.75 Å². The van der Waals surface area contributed by atoms with Gasteiger partial charge < -0.3 is 9.64 Å². The average Bonchev–Trinajstić information content (AvgIpc) is 2.86. The van der Waals surface area contributed by atoms with Gasteiger partial charge in [-0.1, -0.05) is 30.3 Å². The van der Waals surface area contributed by atoms with Crippen LogP contribution in [-0.2, 0) is 10.0 Å². The van der Waals surface area contributed by atoms with Gasteiger partial charge in [0.25, 0.3) is 5.91 Å². The molecule has 0 saturated carbocycles. The molecule has 1 aliphatic rings. The standard InChI is InChI=1S/C25H28N2O4S2/c1-32-24-12-11-22(18-23(24)25(28)27-14-5-2-6-15-27)33(29,30)26-13-16-31-21-10-9-19-7-3-4-8-20(19)17-21/h3-4,7-12,17-18,26H,2,5-6,13-16H2,1H3. The fourth-order valence-corrected chi connectivity index (χ4v) is 5.58. The molecule has 1 fully saturated rings. The van der Waals surface area contributed by atoms with Crippen LogP contribution in [0.25, 0.3) is 10.8 Å². The number of hydrogen-bond acceptors (Lipinski definition) is 5. The van der Waals surface area contributed by atoms with Crippen LogP contribution in [-0.4, -0.2) is 51.7 Å². The van der Waals surface area contributed by atoms with Gasteiger partial charge in [0.2, 0.25) is 10.0 Å². The van der Waals surface area contributed by atoms with Crippen molar-refractivity contribution < 1.29 is 17.9 Å². The van der Waals surface area contributed by atoms with Gasteiger partial charge in [0.1, 0.15) is 12.4 Å². The van der Waals surface area contributed by atoms with Gasteiger partial charge in [0.15, 0.2) is 0 Å². The summed E-state index contributed by atoms with van der Waals surface area (Å²) in [6, 6.07) is 18.5. The topological polar surface area (TPSA) is 75.7 Å². The predicted octanol–water partition coefficient (Wildman–Crippen LogP) is 4.55. The number of carbonyl (C=O) groups is 1. The summed E-state index contributed by atoms with van der Waals surface area (Å²) >= 11 is 1.44. The lowest BCUT2D eigenvalue weighted by Gasteiger charge is -2.27. The number of nitrogens with one attached hydrogen (secondary N) is 1. The Hall–Kier alpha value is -2.55. The van der Waals surface area contributed by atoms with Crippen LogP contribution in [0.15, 0.2) is 70.5 Å². The van der Waals surface area contributed by atoms with Crippen LogP contribution in [0.1, 0.15) is 29.6 Å². The maximum absolute atomic E-state index is 13.0. The van der Waals surface area contributed by atoms with Crippen LogP contribution >= 0.6 is 11.8 Å². The normalized spacial score (nSPS) is 14.4. The van der Waals surface area contributed by atoms with Crippen molar-refractivity contribution in [2.45, 2.75) is 29.1 Å². The number of amides is 1. The highest BCUT2D eigenvalue weighted by Gasteiger charge is 2.23. The average molecular weight is 485 g/mol. The van der Waals surface area contributed by atoms with Gasteiger partial charge >= 0.3 is 0 Å². The van der Waals surface area contributed by atoms with Gasteiger partial charge in [-0.3, -0.25) is 4.79 Å². The quantitative estimate of drug-likeness (QED) is 0.375. The third-order valence-electron chi connectivity index (χ3n) is 5.74. The molecule has 0 aromatic heterocycles. The Balaban J connectivity index is 1.41. The Labute approximate surface area is 199 Å². The van der Waals surface area contributed by atoms with Gasteiger partial charge in [0, 0.05) is 24.5 Å². The first-order valence-corrected chi connectivity index (χ1v) is 13.8. The van der Waals surface area contributed by atoms with Crippen LogP contribution in [0.4, 0.5) is 0 Å². The lowest BCUT2D eigenvalue weighted by molar-refractivity contribution is 0.0720. The van der Waals surface area contributed by atoms with Gasteiger partial charge in [-0.05, 0) is 66.6 Å². The third kappa shape index (κ3) is 5.69. The molecular weight excluding hydrogens is 456 g/mol. The van der Waals surface area contributed by atoms with Gasteiger partial charge in [0.05, 0.1) is 10.5 Å². The highest BCUT2D eigenvalue weighted by Crippen LogP contribution is 2.26. The van der Waals surface area contributed by atoms with E-state index in [0.717, 1.165) is 34.9 Å². The summed E-state index contributed by atoms with van der Waals surface area (Å²) < 4.78 is 34.1. The van der Waals surface area contributed by atoms with E-state index in [1.54, 1.807) is 12.1 Å². The summed E-state index contributed by atoms with van der Waals surface area (Å²) in [5.74, 6) is 0.586. The Kier molecular flexibility index (Phi) is 7.57. The smallest absolute Gasteiger partial charge is 0.255 e. The highest BCUT2D eigenvalue weighted by atomic mass is 32.2. The molecular formula is C25H28N2O4S2. The molecule has 3 aromatic rings. The summed E-state index contributed by atoms with van der Waals surface area (Å²) in [6.07, 6.45) is 4.98. The number of piperidine rings is 1. The molecule has 0 radical (unpaired) electrons. The second-order valence-electron chi connectivity index (χ2n) is 7.97. The second-order valence-corrected chi connectivity index (χ2v) is 10.6. The van der Waals surface area contributed by atoms with Gasteiger partial charge in [-0.25, -0.2) is 13.1 Å². The molecule has 0 atom stereocenters. The molecule has 1 aliphatic heterocycles. The largest absolute Gasteiger partial charge is 0.492 e. The van der Waals surface area contributed by atoms with Crippen molar-refractivity contribution in [3.05, 3.63) is 66.2 Å². The molecule has 1 N–H and O–H groups in total. The second kappa shape index (κ2) is 10.6. The first-order chi connectivity index (χ1) is 16.0. The van der Waals surface area contributed by atoms with E-state index in [0.29, 0.717) is 24.4 Å². The van der Waals surface area contributed by atoms with E-state index < -0.39 is 10.0 Å².